The Morgan fingerprint density at radius 2 is 1.65 bits per heavy atom. The van der Waals surface area contributed by atoms with E-state index in [2.05, 4.69) is 9.97 Å². The van der Waals surface area contributed by atoms with Gasteiger partial charge in [-0.25, -0.2) is 4.98 Å². The van der Waals surface area contributed by atoms with E-state index >= 15 is 0 Å². The molecule has 0 aliphatic heterocycles. The van der Waals surface area contributed by atoms with Crippen LogP contribution in [0.15, 0.2) is 66.9 Å². The predicted octanol–water partition coefficient (Wildman–Crippen LogP) is 4.05. The molecule has 3 rings (SSSR count). The highest BCUT2D eigenvalue weighted by atomic mass is 35.5. The number of nitrogens with one attached hydrogen (secondary N) is 1. The molecule has 2 aromatic carbocycles. The van der Waals surface area contributed by atoms with Gasteiger partial charge in [-0.1, -0.05) is 60.7 Å². The van der Waals surface area contributed by atoms with E-state index in [1.54, 1.807) is 6.20 Å². The van der Waals surface area contributed by atoms with Crippen molar-refractivity contribution in [3.8, 4) is 11.3 Å². The van der Waals surface area contributed by atoms with E-state index < -0.39 is 6.04 Å². The van der Waals surface area contributed by atoms with Crippen molar-refractivity contribution in [1.82, 2.24) is 9.97 Å². The van der Waals surface area contributed by atoms with Crippen molar-refractivity contribution in [3.63, 3.8) is 0 Å². The van der Waals surface area contributed by atoms with Crippen LogP contribution in [-0.4, -0.2) is 15.9 Å². The minimum absolute atomic E-state index is 0. The van der Waals surface area contributed by atoms with Crippen LogP contribution in [0, 0.1) is 0 Å². The van der Waals surface area contributed by atoms with Gasteiger partial charge in [-0.15, -0.1) is 24.8 Å². The van der Waals surface area contributed by atoms with Crippen molar-refractivity contribution in [2.45, 2.75) is 19.1 Å². The molecule has 0 unspecified atom stereocenters. The molecule has 0 radical (unpaired) electrons. The van der Waals surface area contributed by atoms with E-state index in [9.17, 15) is 4.79 Å². The largest absolute Gasteiger partial charge is 0.461 e. The third kappa shape index (κ3) is 5.88. The summed E-state index contributed by atoms with van der Waals surface area (Å²) in [5.74, 6) is 0.231. The Balaban J connectivity index is 0.00000169. The summed E-state index contributed by atoms with van der Waals surface area (Å²) in [7, 11) is 0. The topological polar surface area (TPSA) is 81.0 Å². The lowest BCUT2D eigenvalue weighted by molar-refractivity contribution is -0.145. The molecule has 26 heavy (non-hydrogen) atoms. The second kappa shape index (κ2) is 10.6. The highest BCUT2D eigenvalue weighted by Gasteiger charge is 2.16. The molecule has 3 N–H and O–H groups in total. The number of imidazole rings is 1. The van der Waals surface area contributed by atoms with E-state index in [0.29, 0.717) is 5.82 Å². The fourth-order valence-corrected chi connectivity index (χ4v) is 2.36. The van der Waals surface area contributed by atoms with Crippen LogP contribution in [0.5, 0.6) is 0 Å². The molecule has 0 bridgehead atoms. The number of aromatic amines is 1. The number of carbonyl (C=O) groups excluding carboxylic acids is 1. The summed E-state index contributed by atoms with van der Waals surface area (Å²) in [6, 6.07) is 18.9. The van der Waals surface area contributed by atoms with Gasteiger partial charge in [-0.2, -0.15) is 0 Å². The summed E-state index contributed by atoms with van der Waals surface area (Å²) >= 11 is 0. The first-order valence-corrected chi connectivity index (χ1v) is 7.78. The fourth-order valence-electron chi connectivity index (χ4n) is 2.36. The maximum absolute atomic E-state index is 11.9. The molecule has 7 heteroatoms. The highest BCUT2D eigenvalue weighted by Crippen LogP contribution is 2.19. The average Bonchev–Trinajstić information content (AvgIpc) is 3.12. The van der Waals surface area contributed by atoms with Crippen LogP contribution < -0.4 is 5.73 Å². The maximum atomic E-state index is 11.9. The molecule has 0 saturated carbocycles. The molecule has 0 spiro atoms. The van der Waals surface area contributed by atoms with Gasteiger partial charge in [0.1, 0.15) is 12.4 Å². The molecule has 0 aliphatic carbocycles. The number of nitrogens with two attached hydrogens (primary N) is 1. The molecule has 0 amide bonds. The van der Waals surface area contributed by atoms with Crippen molar-refractivity contribution in [3.05, 3.63) is 78.2 Å². The number of benzene rings is 2. The lowest BCUT2D eigenvalue weighted by atomic mass is 10.2. The molecule has 0 aliphatic rings. The van der Waals surface area contributed by atoms with Gasteiger partial charge in [-0.05, 0) is 11.1 Å². The fraction of sp³-hybridized carbons (Fsp3) is 0.158. The normalized spacial score (nSPS) is 11.0. The number of aromatic nitrogens is 2. The zero-order chi connectivity index (χ0) is 16.8. The van der Waals surface area contributed by atoms with Crippen LogP contribution in [-0.2, 0) is 16.1 Å². The molecule has 3 aromatic rings. The lowest BCUT2D eigenvalue weighted by Gasteiger charge is -2.09. The number of carbonyl (C=O) groups is 1. The zero-order valence-electron chi connectivity index (χ0n) is 14.0. The van der Waals surface area contributed by atoms with Crippen LogP contribution in [0.3, 0.4) is 0 Å². The van der Waals surface area contributed by atoms with Crippen molar-refractivity contribution in [2.24, 2.45) is 5.73 Å². The summed E-state index contributed by atoms with van der Waals surface area (Å²) in [5.41, 5.74) is 8.91. The molecule has 1 atom stereocenters. The van der Waals surface area contributed by atoms with E-state index in [0.717, 1.165) is 16.8 Å². The molecule has 1 aromatic heterocycles. The van der Waals surface area contributed by atoms with Crippen molar-refractivity contribution < 1.29 is 9.53 Å². The number of hydrogen-bond acceptors (Lipinski definition) is 4. The first-order valence-electron chi connectivity index (χ1n) is 7.78. The van der Waals surface area contributed by atoms with Gasteiger partial charge in [-0.3, -0.25) is 4.79 Å². The van der Waals surface area contributed by atoms with Crippen LogP contribution in [0.25, 0.3) is 11.3 Å². The summed E-state index contributed by atoms with van der Waals surface area (Å²) in [6.07, 6.45) is 1.80. The molecule has 0 fully saturated rings. The standard InChI is InChI=1S/C19H19N3O2.2ClH/c20-16(11-18(23)24-13-14-7-3-1-4-8-14)19-21-12-17(22-19)15-9-5-2-6-10-15;;/h1-10,12,16H,11,13,20H2,(H,21,22);2*1H/t16-;;/m0../s1. The van der Waals surface area contributed by atoms with Gasteiger partial charge < -0.3 is 15.5 Å². The minimum Gasteiger partial charge on any atom is -0.461 e. The van der Waals surface area contributed by atoms with Crippen LogP contribution in [0.1, 0.15) is 23.9 Å². The third-order valence-corrected chi connectivity index (χ3v) is 3.66. The van der Waals surface area contributed by atoms with Crippen molar-refractivity contribution in [1.29, 1.82) is 0 Å². The van der Waals surface area contributed by atoms with E-state index in [-0.39, 0.29) is 43.8 Å². The Morgan fingerprint density at radius 1 is 1.04 bits per heavy atom. The number of esters is 1. The van der Waals surface area contributed by atoms with Gasteiger partial charge in [0, 0.05) is 0 Å². The molecular weight excluding hydrogens is 373 g/mol. The van der Waals surface area contributed by atoms with Gasteiger partial charge in [0.25, 0.3) is 0 Å². The molecule has 138 valence electrons. The number of rotatable bonds is 6. The monoisotopic (exact) mass is 393 g/mol. The SMILES string of the molecule is Cl.Cl.N[C@@H](CC(=O)OCc1ccccc1)c1ncc(-c2ccccc2)[nH]1. The smallest absolute Gasteiger partial charge is 0.308 e. The predicted molar refractivity (Wildman–Crippen MR) is 106 cm³/mol. The third-order valence-electron chi connectivity index (χ3n) is 3.66. The van der Waals surface area contributed by atoms with E-state index in [1.807, 2.05) is 60.7 Å². The Morgan fingerprint density at radius 3 is 2.31 bits per heavy atom. The zero-order valence-corrected chi connectivity index (χ0v) is 15.6. The highest BCUT2D eigenvalue weighted by molar-refractivity contribution is 5.85. The average molecular weight is 394 g/mol. The molecular formula is C19H21Cl2N3O2. The quantitative estimate of drug-likeness (QED) is 0.618. The Kier molecular flexibility index (Phi) is 8.85. The number of nitrogens with zero attached hydrogens (tertiary/aromatic N) is 1. The first kappa shape index (κ1) is 21.7. The second-order valence-electron chi connectivity index (χ2n) is 5.51. The molecule has 1 heterocycles. The molecule has 5 nitrogen and oxygen atoms in total. The van der Waals surface area contributed by atoms with Crippen molar-refractivity contribution >= 4 is 30.8 Å². The second-order valence-corrected chi connectivity index (χ2v) is 5.51. The first-order chi connectivity index (χ1) is 11.7. The van der Waals surface area contributed by atoms with Crippen LogP contribution in [0.2, 0.25) is 0 Å². The number of ether oxygens (including phenoxy) is 1. The summed E-state index contributed by atoms with van der Waals surface area (Å²) in [4.78, 5) is 19.4. The maximum Gasteiger partial charge on any atom is 0.308 e. The van der Waals surface area contributed by atoms with Crippen LogP contribution in [0.4, 0.5) is 0 Å². The van der Waals surface area contributed by atoms with Gasteiger partial charge in [0.2, 0.25) is 0 Å². The number of halogens is 2. The van der Waals surface area contributed by atoms with Gasteiger partial charge in [0.15, 0.2) is 0 Å². The lowest BCUT2D eigenvalue weighted by Crippen LogP contribution is -2.18. The minimum atomic E-state index is -0.522. The Hall–Kier alpha value is -2.34. The summed E-state index contributed by atoms with van der Waals surface area (Å²) < 4.78 is 5.25. The Bertz CT molecular complexity index is 795. The Labute approximate surface area is 164 Å². The van der Waals surface area contributed by atoms with Crippen LogP contribution >= 0.6 is 24.8 Å². The van der Waals surface area contributed by atoms with Gasteiger partial charge in [0.05, 0.1) is 24.4 Å². The van der Waals surface area contributed by atoms with E-state index in [4.69, 9.17) is 10.5 Å². The summed E-state index contributed by atoms with van der Waals surface area (Å²) in [5, 5.41) is 0. The molecule has 0 saturated heterocycles. The summed E-state index contributed by atoms with van der Waals surface area (Å²) in [6.45, 7) is 0.250. The van der Waals surface area contributed by atoms with Crippen molar-refractivity contribution in [2.75, 3.05) is 0 Å². The van der Waals surface area contributed by atoms with E-state index in [1.165, 1.54) is 0 Å². The number of H-pyrrole nitrogens is 1. The van der Waals surface area contributed by atoms with Gasteiger partial charge >= 0.3 is 5.97 Å². The number of hydrogen-bond donors (Lipinski definition) is 2.